The summed E-state index contributed by atoms with van der Waals surface area (Å²) in [4.78, 5) is 51.1. The maximum absolute atomic E-state index is 12.9. The Morgan fingerprint density at radius 3 is 1.37 bits per heavy atom. The molecule has 8 atom stereocenters. The number of carbonyl (C=O) groups excluding carboxylic acids is 2. The van der Waals surface area contributed by atoms with Gasteiger partial charge in [0.25, 0.3) is 0 Å². The maximum Gasteiger partial charge on any atom is 0.360 e. The van der Waals surface area contributed by atoms with Gasteiger partial charge in [0.05, 0.1) is 11.2 Å². The first-order valence-corrected chi connectivity index (χ1v) is 19.9. The summed E-state index contributed by atoms with van der Waals surface area (Å²) < 4.78 is 45.3. The second kappa shape index (κ2) is 18.5. The normalized spacial score (nSPS) is 25.4. The van der Waals surface area contributed by atoms with Crippen LogP contribution in [0.15, 0.2) is 54.8 Å². The number of carbonyl (C=O) groups is 2. The molecule has 62 heavy (non-hydrogen) atoms. The van der Waals surface area contributed by atoms with Crippen LogP contribution in [0.4, 0.5) is 11.4 Å². The van der Waals surface area contributed by atoms with Crippen LogP contribution in [0.2, 0.25) is 0 Å². The van der Waals surface area contributed by atoms with Gasteiger partial charge in [-0.05, 0) is 77.9 Å². The van der Waals surface area contributed by atoms with Gasteiger partial charge in [0.15, 0.2) is 0 Å². The highest BCUT2D eigenvalue weighted by molar-refractivity contribution is 5.94. The van der Waals surface area contributed by atoms with Crippen LogP contribution in [0, 0.1) is 25.7 Å². The lowest BCUT2D eigenvalue weighted by molar-refractivity contribution is -0.306. The van der Waals surface area contributed by atoms with Gasteiger partial charge in [-0.2, -0.15) is 0 Å². The Kier molecular flexibility index (Phi) is 13.8. The lowest BCUT2D eigenvalue weighted by Gasteiger charge is -2.46. The molecular weight excluding hydrogens is 812 g/mol. The van der Waals surface area contributed by atoms with Crippen molar-refractivity contribution >= 4 is 45.1 Å². The van der Waals surface area contributed by atoms with Gasteiger partial charge < -0.3 is 68.3 Å². The molecule has 0 saturated carbocycles. The van der Waals surface area contributed by atoms with Gasteiger partial charge in [-0.15, -0.1) is 11.8 Å². The molecule has 6 rings (SSSR count). The molecule has 4 heterocycles. The second-order valence-electron chi connectivity index (χ2n) is 16.2. The summed E-state index contributed by atoms with van der Waals surface area (Å²) in [6.07, 6.45) is -9.34. The van der Waals surface area contributed by atoms with Crippen molar-refractivity contribution in [1.82, 2.24) is 0 Å². The van der Waals surface area contributed by atoms with Gasteiger partial charge in [0.1, 0.15) is 70.7 Å². The highest BCUT2D eigenvalue weighted by Crippen LogP contribution is 2.37. The average Bonchev–Trinajstić information content (AvgIpc) is 3.20. The standard InChI is InChI=1S/C44H52N2O16/c1-21-27(57-41-33(51)31(49)37(55-7)43(3,4)61-41)17-15-23-19-25(39(53)59-35(21)23)45-29(47)13-11-9-10-12-14-30(48)46-26-20-24-16-18-28(22(2)36(24)60-40(26)54)58-42-34(52)32(50)38(56-8)44(5,6)62-42/h15-20,31-34,37-38,41-42,49-52H,11-14H2,1-8H3,(H,45,47)(H,46,48)/t31-,32-,33+,34+,37+,38+,41+,42+/m0/s1. The largest absolute Gasteiger partial charge is 0.462 e. The third-order valence-corrected chi connectivity index (χ3v) is 10.9. The molecule has 18 heteroatoms. The minimum absolute atomic E-state index is 0.0505. The molecular formula is C44H52N2O16. The van der Waals surface area contributed by atoms with Crippen LogP contribution < -0.4 is 31.4 Å². The molecule has 18 nitrogen and oxygen atoms in total. The van der Waals surface area contributed by atoms with Gasteiger partial charge in [0, 0.05) is 61.8 Å². The van der Waals surface area contributed by atoms with E-state index in [1.165, 1.54) is 26.4 Å². The number of methoxy groups -OCH3 is 2. The molecule has 2 aliphatic heterocycles. The number of hydrogen-bond acceptors (Lipinski definition) is 16. The highest BCUT2D eigenvalue weighted by atomic mass is 16.7. The number of hydrogen-bond donors (Lipinski definition) is 6. The Hall–Kier alpha value is -5.36. The molecule has 2 aromatic heterocycles. The van der Waals surface area contributed by atoms with Crippen LogP contribution >= 0.6 is 0 Å². The van der Waals surface area contributed by atoms with Crippen LogP contribution in [0.5, 0.6) is 11.5 Å². The van der Waals surface area contributed by atoms with Gasteiger partial charge in [-0.3, -0.25) is 9.59 Å². The van der Waals surface area contributed by atoms with E-state index in [9.17, 15) is 39.6 Å². The molecule has 0 spiro atoms. The smallest absolute Gasteiger partial charge is 0.360 e. The molecule has 6 N–H and O–H groups in total. The predicted molar refractivity (Wildman–Crippen MR) is 223 cm³/mol. The van der Waals surface area contributed by atoms with Gasteiger partial charge in [-0.25, -0.2) is 9.59 Å². The number of fused-ring (bicyclic) bond motifs is 2. The summed E-state index contributed by atoms with van der Waals surface area (Å²) in [5.41, 5.74) is -2.50. The molecule has 0 aliphatic carbocycles. The van der Waals surface area contributed by atoms with Gasteiger partial charge in [0.2, 0.25) is 24.4 Å². The first kappa shape index (κ1) is 46.2. The maximum atomic E-state index is 12.9. The van der Waals surface area contributed by atoms with Crippen molar-refractivity contribution in [2.45, 2.75) is 128 Å². The number of aryl methyl sites for hydroxylation is 2. The van der Waals surface area contributed by atoms with Crippen molar-refractivity contribution < 1.29 is 67.3 Å². The summed E-state index contributed by atoms with van der Waals surface area (Å²) in [5, 5.41) is 48.5. The van der Waals surface area contributed by atoms with E-state index in [0.29, 0.717) is 21.9 Å². The minimum Gasteiger partial charge on any atom is -0.462 e. The number of aliphatic hydroxyl groups is 4. The zero-order valence-electron chi connectivity index (χ0n) is 35.6. The molecule has 2 aliphatic rings. The first-order chi connectivity index (χ1) is 29.3. The average molecular weight is 865 g/mol. The molecule has 334 valence electrons. The van der Waals surface area contributed by atoms with Crippen molar-refractivity contribution in [3.63, 3.8) is 0 Å². The van der Waals surface area contributed by atoms with Crippen LogP contribution in [-0.4, -0.2) is 107 Å². The Balaban J connectivity index is 0.986. The van der Waals surface area contributed by atoms with E-state index in [1.807, 2.05) is 0 Å². The molecule has 0 radical (unpaired) electrons. The third-order valence-electron chi connectivity index (χ3n) is 10.9. The zero-order chi connectivity index (χ0) is 45.3. The van der Waals surface area contributed by atoms with Gasteiger partial charge >= 0.3 is 11.3 Å². The Morgan fingerprint density at radius 1 is 0.645 bits per heavy atom. The van der Waals surface area contributed by atoms with E-state index < -0.39 is 83.5 Å². The summed E-state index contributed by atoms with van der Waals surface area (Å²) >= 11 is 0. The number of amides is 2. The molecule has 4 aromatic rings. The molecule has 2 amide bonds. The van der Waals surface area contributed by atoms with Crippen molar-refractivity contribution in [2.24, 2.45) is 0 Å². The topological polar surface area (TPSA) is 255 Å². The van der Waals surface area contributed by atoms with Crippen LogP contribution in [0.3, 0.4) is 0 Å². The Bertz CT molecular complexity index is 2330. The number of rotatable bonds is 12. The minimum atomic E-state index is -1.43. The first-order valence-electron chi connectivity index (χ1n) is 19.9. The van der Waals surface area contributed by atoms with E-state index in [4.69, 9.17) is 37.3 Å². The number of aliphatic hydroxyl groups excluding tert-OH is 4. The van der Waals surface area contributed by atoms with Crippen LogP contribution in [0.25, 0.3) is 21.9 Å². The molecule has 2 aromatic carbocycles. The number of anilines is 2. The fourth-order valence-electron chi connectivity index (χ4n) is 7.65. The third kappa shape index (κ3) is 9.65. The van der Waals surface area contributed by atoms with E-state index in [2.05, 4.69) is 22.5 Å². The van der Waals surface area contributed by atoms with E-state index in [0.717, 1.165) is 0 Å². The summed E-state index contributed by atoms with van der Waals surface area (Å²) in [6, 6.07) is 9.34. The van der Waals surface area contributed by atoms with Crippen molar-refractivity contribution in [3.05, 3.63) is 68.4 Å². The monoisotopic (exact) mass is 864 g/mol. The van der Waals surface area contributed by atoms with Crippen molar-refractivity contribution in [3.8, 4) is 23.3 Å². The van der Waals surface area contributed by atoms with Crippen molar-refractivity contribution in [1.29, 1.82) is 0 Å². The molecule has 0 bridgehead atoms. The predicted octanol–water partition coefficient (Wildman–Crippen LogP) is 3.16. The molecule has 2 fully saturated rings. The van der Waals surface area contributed by atoms with Crippen molar-refractivity contribution in [2.75, 3.05) is 24.9 Å². The SMILES string of the molecule is CO[C@@H]1[C@@H](O)[C@@H](O)[C@H](Oc2ccc3cc(NC(=O)CCC#CCCC(=O)Nc4cc5ccc(O[C@@H]6OC(C)(C)[C@H](OC)[C@@H](O)[C@H]6O)c(C)c5oc4=O)c(=O)oc3c2C)OC1(C)C. The van der Waals surface area contributed by atoms with E-state index in [-0.39, 0.29) is 59.7 Å². The Labute approximate surface area is 356 Å². The summed E-state index contributed by atoms with van der Waals surface area (Å²) in [5.74, 6) is 5.17. The van der Waals surface area contributed by atoms with E-state index >= 15 is 0 Å². The zero-order valence-corrected chi connectivity index (χ0v) is 35.6. The summed E-state index contributed by atoms with van der Waals surface area (Å²) in [6.45, 7) is 10.1. The molecule has 2 saturated heterocycles. The number of benzene rings is 2. The highest BCUT2D eigenvalue weighted by Gasteiger charge is 2.51. The molecule has 0 unspecified atom stereocenters. The Morgan fingerprint density at radius 2 is 1.02 bits per heavy atom. The fraction of sp³-hybridized carbons (Fsp3) is 0.500. The lowest BCUT2D eigenvalue weighted by Crippen LogP contribution is -2.63. The number of ether oxygens (including phenoxy) is 6. The van der Waals surface area contributed by atoms with E-state index in [1.54, 1.807) is 65.8 Å². The van der Waals surface area contributed by atoms with Gasteiger partial charge in [-0.1, -0.05) is 0 Å². The summed E-state index contributed by atoms with van der Waals surface area (Å²) in [7, 11) is 2.81. The fourth-order valence-corrected chi connectivity index (χ4v) is 7.65. The lowest BCUT2D eigenvalue weighted by atomic mass is 9.89. The number of nitrogens with one attached hydrogen (secondary N) is 2. The quantitative estimate of drug-likeness (QED) is 0.0884. The van der Waals surface area contributed by atoms with Crippen LogP contribution in [-0.2, 0) is 28.5 Å². The second-order valence-corrected chi connectivity index (χ2v) is 16.2. The van der Waals surface area contributed by atoms with Crippen LogP contribution in [0.1, 0.15) is 64.5 Å².